The van der Waals surface area contributed by atoms with Crippen LogP contribution in [0.15, 0.2) is 41.3 Å². The van der Waals surface area contributed by atoms with Crippen molar-refractivity contribution in [2.75, 3.05) is 0 Å². The Morgan fingerprint density at radius 1 is 1.23 bits per heavy atom. The molecule has 3 rings (SSSR count). The Morgan fingerprint density at radius 2 is 1.86 bits per heavy atom. The highest BCUT2D eigenvalue weighted by Crippen LogP contribution is 2.39. The van der Waals surface area contributed by atoms with Crippen molar-refractivity contribution in [2.24, 2.45) is 0 Å². The molecular formula is C15H15NO5S. The van der Waals surface area contributed by atoms with Crippen molar-refractivity contribution < 1.29 is 22.7 Å². The van der Waals surface area contributed by atoms with Gasteiger partial charge in [-0.05, 0) is 38.1 Å². The number of fused-ring (bicyclic) bond motifs is 1. The van der Waals surface area contributed by atoms with Crippen LogP contribution in [0.2, 0.25) is 0 Å². The maximum absolute atomic E-state index is 12.7. The first-order valence-electron chi connectivity index (χ1n) is 6.80. The van der Waals surface area contributed by atoms with Crippen molar-refractivity contribution >= 4 is 21.9 Å². The van der Waals surface area contributed by atoms with Gasteiger partial charge in [0.2, 0.25) is 0 Å². The number of rotatable bonds is 2. The number of aryl methyl sites for hydroxylation is 1. The van der Waals surface area contributed by atoms with Gasteiger partial charge in [0, 0.05) is 6.42 Å². The number of nitrogens with zero attached hydrogens (tertiary/aromatic N) is 1. The summed E-state index contributed by atoms with van der Waals surface area (Å²) in [5.41, 5.74) is -0.202. The molecule has 1 heterocycles. The van der Waals surface area contributed by atoms with Crippen molar-refractivity contribution in [1.29, 1.82) is 0 Å². The predicted molar refractivity (Wildman–Crippen MR) is 77.6 cm³/mol. The fraction of sp³-hybridized carbons (Fsp3) is 0.333. The first-order valence-corrected chi connectivity index (χ1v) is 8.24. The average molecular weight is 321 g/mol. The lowest BCUT2D eigenvalue weighted by molar-refractivity contribution is -0.116. The van der Waals surface area contributed by atoms with Crippen LogP contribution in [0.25, 0.3) is 0 Å². The summed E-state index contributed by atoms with van der Waals surface area (Å²) in [5, 5.41) is 0. The van der Waals surface area contributed by atoms with Crippen LogP contribution in [0.4, 0.5) is 4.79 Å². The van der Waals surface area contributed by atoms with Crippen LogP contribution in [0, 0.1) is 6.92 Å². The number of ether oxygens (including phenoxy) is 1. The number of hydrogen-bond acceptors (Lipinski definition) is 5. The van der Waals surface area contributed by atoms with E-state index in [0.29, 0.717) is 4.31 Å². The molecular weight excluding hydrogens is 306 g/mol. The third-order valence-electron chi connectivity index (χ3n) is 4.00. The van der Waals surface area contributed by atoms with Gasteiger partial charge in [-0.25, -0.2) is 13.2 Å². The van der Waals surface area contributed by atoms with Crippen molar-refractivity contribution in [2.45, 2.75) is 36.8 Å². The summed E-state index contributed by atoms with van der Waals surface area (Å²) in [6, 6.07) is 5.32. The molecule has 2 atom stereocenters. The molecule has 1 aliphatic carbocycles. The fourth-order valence-electron chi connectivity index (χ4n) is 2.70. The SMILES string of the molecule is Cc1ccc(S(=O)(=O)N2C(=O)O[C@]3(C)C=CC(=O)C[C@H]23)cc1. The van der Waals surface area contributed by atoms with Gasteiger partial charge >= 0.3 is 6.09 Å². The molecule has 22 heavy (non-hydrogen) atoms. The van der Waals surface area contributed by atoms with Crippen molar-refractivity contribution in [3.8, 4) is 0 Å². The average Bonchev–Trinajstić information content (AvgIpc) is 2.70. The van der Waals surface area contributed by atoms with E-state index >= 15 is 0 Å². The van der Waals surface area contributed by atoms with E-state index < -0.39 is 27.8 Å². The van der Waals surface area contributed by atoms with Gasteiger partial charge in [-0.1, -0.05) is 17.7 Å². The van der Waals surface area contributed by atoms with Crippen LogP contribution < -0.4 is 0 Å². The molecule has 0 aromatic heterocycles. The monoisotopic (exact) mass is 321 g/mol. The van der Waals surface area contributed by atoms with Crippen molar-refractivity contribution in [3.63, 3.8) is 0 Å². The van der Waals surface area contributed by atoms with Crippen LogP contribution in [0.1, 0.15) is 18.9 Å². The number of ketones is 1. The lowest BCUT2D eigenvalue weighted by Crippen LogP contribution is -2.47. The van der Waals surface area contributed by atoms with E-state index in [9.17, 15) is 18.0 Å². The Morgan fingerprint density at radius 3 is 2.50 bits per heavy atom. The third kappa shape index (κ3) is 2.12. The second kappa shape index (κ2) is 4.67. The van der Waals surface area contributed by atoms with Gasteiger partial charge in [-0.3, -0.25) is 4.79 Å². The molecule has 1 aromatic carbocycles. The maximum atomic E-state index is 12.7. The second-order valence-electron chi connectivity index (χ2n) is 5.69. The Hall–Kier alpha value is -2.15. The largest absolute Gasteiger partial charge is 0.436 e. The van der Waals surface area contributed by atoms with Crippen LogP contribution >= 0.6 is 0 Å². The highest BCUT2D eigenvalue weighted by Gasteiger charge is 2.56. The third-order valence-corrected chi connectivity index (χ3v) is 5.79. The minimum Gasteiger partial charge on any atom is -0.436 e. The number of benzene rings is 1. The zero-order chi connectivity index (χ0) is 16.1. The topological polar surface area (TPSA) is 80.8 Å². The van der Waals surface area contributed by atoms with E-state index in [2.05, 4.69) is 0 Å². The van der Waals surface area contributed by atoms with E-state index in [1.165, 1.54) is 24.3 Å². The molecule has 1 fully saturated rings. The number of amides is 1. The van der Waals surface area contributed by atoms with Gasteiger partial charge in [0.05, 0.1) is 4.90 Å². The molecule has 1 amide bonds. The van der Waals surface area contributed by atoms with E-state index in [4.69, 9.17) is 4.74 Å². The number of sulfonamides is 1. The van der Waals surface area contributed by atoms with E-state index in [0.717, 1.165) is 5.56 Å². The van der Waals surface area contributed by atoms with Crippen LogP contribution in [-0.2, 0) is 19.6 Å². The summed E-state index contributed by atoms with van der Waals surface area (Å²) in [6.07, 6.45) is 1.74. The highest BCUT2D eigenvalue weighted by molar-refractivity contribution is 7.89. The van der Waals surface area contributed by atoms with E-state index in [1.54, 1.807) is 19.1 Å². The standard InChI is InChI=1S/C15H15NO5S/c1-10-3-5-12(6-4-10)22(19,20)16-13-9-11(17)7-8-15(13,2)21-14(16)18/h3-8,13H,9H2,1-2H3/t13-,15+/m0/s1. The molecule has 0 spiro atoms. The minimum absolute atomic E-state index is 0.00121. The highest BCUT2D eigenvalue weighted by atomic mass is 32.2. The van der Waals surface area contributed by atoms with Crippen molar-refractivity contribution in [1.82, 2.24) is 4.31 Å². The van der Waals surface area contributed by atoms with Gasteiger partial charge < -0.3 is 4.74 Å². The molecule has 1 saturated heterocycles. The van der Waals surface area contributed by atoms with Gasteiger partial charge in [0.25, 0.3) is 10.0 Å². The van der Waals surface area contributed by atoms with Gasteiger partial charge in [0.1, 0.15) is 6.04 Å². The lowest BCUT2D eigenvalue weighted by atomic mass is 9.87. The van der Waals surface area contributed by atoms with Gasteiger partial charge in [-0.2, -0.15) is 4.31 Å². The lowest BCUT2D eigenvalue weighted by Gasteiger charge is -2.30. The minimum atomic E-state index is -4.06. The normalized spacial score (nSPS) is 27.7. The van der Waals surface area contributed by atoms with Crippen molar-refractivity contribution in [3.05, 3.63) is 42.0 Å². The molecule has 1 aliphatic heterocycles. The Bertz CT molecular complexity index is 781. The van der Waals surface area contributed by atoms with Crippen LogP contribution in [-0.4, -0.2) is 36.2 Å². The molecule has 7 heteroatoms. The Balaban J connectivity index is 2.07. The molecule has 0 saturated carbocycles. The molecule has 6 nitrogen and oxygen atoms in total. The number of hydrogen-bond donors (Lipinski definition) is 0. The summed E-state index contributed by atoms with van der Waals surface area (Å²) in [7, 11) is -4.06. The maximum Gasteiger partial charge on any atom is 0.425 e. The second-order valence-corrected chi connectivity index (χ2v) is 7.50. The summed E-state index contributed by atoms with van der Waals surface area (Å²) in [5.74, 6) is -0.232. The smallest absolute Gasteiger partial charge is 0.425 e. The van der Waals surface area contributed by atoms with Gasteiger partial charge in [-0.15, -0.1) is 0 Å². The summed E-state index contributed by atoms with van der Waals surface area (Å²) in [4.78, 5) is 23.8. The van der Waals surface area contributed by atoms with Gasteiger partial charge in [0.15, 0.2) is 11.4 Å². The molecule has 0 unspecified atom stereocenters. The summed E-state index contributed by atoms with van der Waals surface area (Å²) in [6.45, 7) is 3.44. The Kier molecular flexibility index (Phi) is 3.14. The van der Waals surface area contributed by atoms with Crippen LogP contribution in [0.5, 0.6) is 0 Å². The van der Waals surface area contributed by atoms with E-state index in [-0.39, 0.29) is 17.1 Å². The Labute approximate surface area is 128 Å². The molecule has 0 N–H and O–H groups in total. The molecule has 116 valence electrons. The number of carbonyl (C=O) groups is 2. The molecule has 2 aliphatic rings. The zero-order valence-corrected chi connectivity index (χ0v) is 13.0. The van der Waals surface area contributed by atoms with Crippen LogP contribution in [0.3, 0.4) is 0 Å². The predicted octanol–water partition coefficient (Wildman–Crippen LogP) is 1.79. The molecule has 1 aromatic rings. The summed E-state index contributed by atoms with van der Waals surface area (Å²) >= 11 is 0. The summed E-state index contributed by atoms with van der Waals surface area (Å²) < 4.78 is 31.4. The number of allylic oxidation sites excluding steroid dienone is 1. The zero-order valence-electron chi connectivity index (χ0n) is 12.1. The molecule has 0 bridgehead atoms. The first kappa shape index (κ1) is 14.8. The fourth-order valence-corrected chi connectivity index (χ4v) is 4.26. The quantitative estimate of drug-likeness (QED) is 0.829. The molecule has 0 radical (unpaired) electrons. The number of carbonyl (C=O) groups excluding carboxylic acids is 2. The van der Waals surface area contributed by atoms with E-state index in [1.807, 2.05) is 6.92 Å². The first-order chi connectivity index (χ1) is 10.2.